The zero-order valence-electron chi connectivity index (χ0n) is 8.87. The first-order valence-electron chi connectivity index (χ1n) is 4.74. The van der Waals surface area contributed by atoms with Crippen LogP contribution in [0.4, 0.5) is 31.1 Å². The number of carbonyl (C=O) groups excluding carboxylic acids is 1. The molecule has 0 bridgehead atoms. The van der Waals surface area contributed by atoms with E-state index in [1.807, 2.05) is 5.32 Å². The SMILES string of the molecule is CCNC(=O)N[C@@H](CCC(F)(F)F)C(F)(F)F. The monoisotopic (exact) mass is 266 g/mol. The highest BCUT2D eigenvalue weighted by Gasteiger charge is 2.42. The summed E-state index contributed by atoms with van der Waals surface area (Å²) in [5.41, 5.74) is 0. The molecule has 9 heteroatoms. The maximum absolute atomic E-state index is 12.3. The summed E-state index contributed by atoms with van der Waals surface area (Å²) in [4.78, 5) is 10.8. The van der Waals surface area contributed by atoms with Crippen LogP contribution in [0.3, 0.4) is 0 Å². The van der Waals surface area contributed by atoms with E-state index in [2.05, 4.69) is 0 Å². The van der Waals surface area contributed by atoms with E-state index in [-0.39, 0.29) is 6.54 Å². The van der Waals surface area contributed by atoms with E-state index in [1.54, 1.807) is 0 Å². The summed E-state index contributed by atoms with van der Waals surface area (Å²) in [5.74, 6) is 0. The second-order valence-electron chi connectivity index (χ2n) is 3.25. The number of urea groups is 1. The quantitative estimate of drug-likeness (QED) is 0.754. The molecule has 102 valence electrons. The average Bonchev–Trinajstić information content (AvgIpc) is 2.09. The van der Waals surface area contributed by atoms with Gasteiger partial charge in [-0.05, 0) is 13.3 Å². The fourth-order valence-electron chi connectivity index (χ4n) is 0.995. The van der Waals surface area contributed by atoms with Gasteiger partial charge in [-0.1, -0.05) is 0 Å². The summed E-state index contributed by atoms with van der Waals surface area (Å²) in [7, 11) is 0. The molecule has 0 fully saturated rings. The minimum absolute atomic E-state index is 0.0790. The Hall–Kier alpha value is -1.15. The van der Waals surface area contributed by atoms with Crippen LogP contribution in [0.25, 0.3) is 0 Å². The third kappa shape index (κ3) is 7.70. The lowest BCUT2D eigenvalue weighted by atomic mass is 10.1. The van der Waals surface area contributed by atoms with Gasteiger partial charge in [-0.3, -0.25) is 0 Å². The molecule has 0 aliphatic carbocycles. The Morgan fingerprint density at radius 3 is 2.06 bits per heavy atom. The van der Waals surface area contributed by atoms with Gasteiger partial charge in [-0.25, -0.2) is 4.79 Å². The molecule has 0 spiro atoms. The van der Waals surface area contributed by atoms with Crippen LogP contribution in [0.15, 0.2) is 0 Å². The summed E-state index contributed by atoms with van der Waals surface area (Å²) in [6, 6.07) is -3.65. The predicted molar refractivity (Wildman–Crippen MR) is 47.3 cm³/mol. The van der Waals surface area contributed by atoms with Crippen LogP contribution in [0.5, 0.6) is 0 Å². The molecule has 2 N–H and O–H groups in total. The number of nitrogens with one attached hydrogen (secondary N) is 2. The first kappa shape index (κ1) is 15.9. The van der Waals surface area contributed by atoms with Crippen molar-refractivity contribution in [3.63, 3.8) is 0 Å². The second-order valence-corrected chi connectivity index (χ2v) is 3.25. The minimum Gasteiger partial charge on any atom is -0.338 e. The molecular weight excluding hydrogens is 254 g/mol. The van der Waals surface area contributed by atoms with Gasteiger partial charge in [0.05, 0.1) is 0 Å². The summed E-state index contributed by atoms with van der Waals surface area (Å²) in [5, 5.41) is 3.47. The second kappa shape index (κ2) is 5.97. The van der Waals surface area contributed by atoms with Gasteiger partial charge in [0.2, 0.25) is 0 Å². The Morgan fingerprint density at radius 1 is 1.18 bits per heavy atom. The molecule has 0 saturated heterocycles. The van der Waals surface area contributed by atoms with Crippen molar-refractivity contribution in [3.8, 4) is 0 Å². The van der Waals surface area contributed by atoms with E-state index in [4.69, 9.17) is 0 Å². The van der Waals surface area contributed by atoms with Gasteiger partial charge in [-0.2, -0.15) is 26.3 Å². The molecule has 0 aromatic rings. The van der Waals surface area contributed by atoms with Crippen molar-refractivity contribution in [2.45, 2.75) is 38.2 Å². The largest absolute Gasteiger partial charge is 0.408 e. The van der Waals surface area contributed by atoms with Crippen LogP contribution in [0.1, 0.15) is 19.8 Å². The Morgan fingerprint density at radius 2 is 1.71 bits per heavy atom. The number of carbonyl (C=O) groups is 1. The van der Waals surface area contributed by atoms with Crippen LogP contribution in [0, 0.1) is 0 Å². The Kier molecular flexibility index (Phi) is 5.56. The van der Waals surface area contributed by atoms with Crippen molar-refractivity contribution < 1.29 is 31.1 Å². The molecule has 1 atom stereocenters. The fourth-order valence-corrected chi connectivity index (χ4v) is 0.995. The van der Waals surface area contributed by atoms with E-state index in [0.29, 0.717) is 0 Å². The first-order valence-corrected chi connectivity index (χ1v) is 4.74. The van der Waals surface area contributed by atoms with Gasteiger partial charge in [0.15, 0.2) is 0 Å². The lowest BCUT2D eigenvalue weighted by Crippen LogP contribution is -2.49. The summed E-state index contributed by atoms with van der Waals surface area (Å²) in [6.07, 6.45) is -12.4. The van der Waals surface area contributed by atoms with E-state index in [1.165, 1.54) is 12.2 Å². The van der Waals surface area contributed by atoms with E-state index in [9.17, 15) is 31.1 Å². The molecule has 0 aliphatic heterocycles. The maximum atomic E-state index is 12.3. The number of alkyl halides is 6. The topological polar surface area (TPSA) is 41.1 Å². The molecule has 0 saturated carbocycles. The standard InChI is InChI=1S/C8H12F6N2O/c1-2-15-6(17)16-5(8(12,13)14)3-4-7(9,10)11/h5H,2-4H2,1H3,(H2,15,16,17)/t5-/m0/s1. The van der Waals surface area contributed by atoms with Crippen LogP contribution >= 0.6 is 0 Å². The van der Waals surface area contributed by atoms with Crippen LogP contribution in [-0.2, 0) is 0 Å². The molecule has 0 aliphatic rings. The molecule has 17 heavy (non-hydrogen) atoms. The van der Waals surface area contributed by atoms with Crippen molar-refractivity contribution >= 4 is 6.03 Å². The van der Waals surface area contributed by atoms with Crippen molar-refractivity contribution in [2.24, 2.45) is 0 Å². The summed E-state index contributed by atoms with van der Waals surface area (Å²) >= 11 is 0. The van der Waals surface area contributed by atoms with Crippen LogP contribution < -0.4 is 10.6 Å². The van der Waals surface area contributed by atoms with Gasteiger partial charge in [0, 0.05) is 13.0 Å². The van der Waals surface area contributed by atoms with Gasteiger partial charge in [-0.15, -0.1) is 0 Å². The van der Waals surface area contributed by atoms with E-state index >= 15 is 0 Å². The Bertz CT molecular complexity index is 249. The van der Waals surface area contributed by atoms with Gasteiger partial charge >= 0.3 is 18.4 Å². The highest BCUT2D eigenvalue weighted by atomic mass is 19.4. The zero-order valence-corrected chi connectivity index (χ0v) is 8.87. The number of rotatable bonds is 4. The maximum Gasteiger partial charge on any atom is 0.408 e. The highest BCUT2D eigenvalue weighted by molar-refractivity contribution is 5.74. The van der Waals surface area contributed by atoms with Crippen molar-refractivity contribution in [1.82, 2.24) is 10.6 Å². The van der Waals surface area contributed by atoms with Crippen molar-refractivity contribution in [1.29, 1.82) is 0 Å². The van der Waals surface area contributed by atoms with Gasteiger partial charge in [0.25, 0.3) is 0 Å². The summed E-state index contributed by atoms with van der Waals surface area (Å²) < 4.78 is 72.2. The lowest BCUT2D eigenvalue weighted by Gasteiger charge is -2.22. The lowest BCUT2D eigenvalue weighted by molar-refractivity contribution is -0.170. The Labute approximate surface area is 93.5 Å². The third-order valence-electron chi connectivity index (χ3n) is 1.75. The number of hydrogen-bond acceptors (Lipinski definition) is 1. The van der Waals surface area contributed by atoms with E-state index < -0.39 is 37.3 Å². The molecule has 0 rings (SSSR count). The molecule has 0 aromatic carbocycles. The number of amides is 2. The highest BCUT2D eigenvalue weighted by Crippen LogP contribution is 2.28. The normalized spacial score (nSPS) is 14.3. The Balaban J connectivity index is 4.41. The first-order chi connectivity index (χ1) is 7.56. The number of hydrogen-bond donors (Lipinski definition) is 2. The van der Waals surface area contributed by atoms with Crippen LogP contribution in [0.2, 0.25) is 0 Å². The van der Waals surface area contributed by atoms with Crippen LogP contribution in [-0.4, -0.2) is 31.0 Å². The van der Waals surface area contributed by atoms with Gasteiger partial charge in [0.1, 0.15) is 6.04 Å². The predicted octanol–water partition coefficient (Wildman–Crippen LogP) is 2.58. The molecule has 0 radical (unpaired) electrons. The third-order valence-corrected chi connectivity index (χ3v) is 1.75. The van der Waals surface area contributed by atoms with Crippen molar-refractivity contribution in [3.05, 3.63) is 0 Å². The number of halogens is 6. The molecular formula is C8H12F6N2O. The fraction of sp³-hybridized carbons (Fsp3) is 0.875. The smallest absolute Gasteiger partial charge is 0.338 e. The average molecular weight is 266 g/mol. The zero-order chi connectivity index (χ0) is 13.7. The molecule has 2 amide bonds. The van der Waals surface area contributed by atoms with Gasteiger partial charge < -0.3 is 10.6 Å². The van der Waals surface area contributed by atoms with E-state index in [0.717, 1.165) is 0 Å². The molecule has 0 unspecified atom stereocenters. The summed E-state index contributed by atoms with van der Waals surface area (Å²) in [6.45, 7) is 1.55. The molecule has 0 heterocycles. The van der Waals surface area contributed by atoms with Crippen molar-refractivity contribution in [2.75, 3.05) is 6.54 Å². The molecule has 3 nitrogen and oxygen atoms in total. The minimum atomic E-state index is -4.91. The molecule has 0 aromatic heterocycles.